The van der Waals surface area contributed by atoms with Crippen molar-refractivity contribution in [1.29, 1.82) is 0 Å². The van der Waals surface area contributed by atoms with E-state index in [9.17, 15) is 22.2 Å². The molecule has 1 N–H and O–H groups in total. The van der Waals surface area contributed by atoms with Crippen LogP contribution in [0.15, 0.2) is 11.0 Å². The Morgan fingerprint density at radius 2 is 2.15 bits per heavy atom. The van der Waals surface area contributed by atoms with E-state index in [1.165, 1.54) is 6.26 Å². The summed E-state index contributed by atoms with van der Waals surface area (Å²) in [6.45, 7) is 0.208. The van der Waals surface area contributed by atoms with Gasteiger partial charge in [-0.1, -0.05) is 11.6 Å². The van der Waals surface area contributed by atoms with Crippen LogP contribution in [-0.4, -0.2) is 38.2 Å². The maximum Gasteiger partial charge on any atom is 0.408 e. The first-order chi connectivity index (χ1) is 9.10. The van der Waals surface area contributed by atoms with Crippen molar-refractivity contribution in [2.24, 2.45) is 0 Å². The first-order valence-corrected chi connectivity index (χ1v) is 7.59. The SMILES string of the molecule is CC(CS(C)=O)Nc1cnn(CC(F)(F)F)c(=O)c1Cl. The minimum atomic E-state index is -4.55. The highest BCUT2D eigenvalue weighted by Gasteiger charge is 2.29. The van der Waals surface area contributed by atoms with Crippen LogP contribution in [0.2, 0.25) is 5.02 Å². The van der Waals surface area contributed by atoms with Gasteiger partial charge in [0.15, 0.2) is 0 Å². The molecule has 114 valence electrons. The van der Waals surface area contributed by atoms with E-state index in [0.717, 1.165) is 6.20 Å². The van der Waals surface area contributed by atoms with Crippen molar-refractivity contribution in [3.8, 4) is 0 Å². The number of nitrogens with zero attached hydrogens (tertiary/aromatic N) is 2. The Labute approximate surface area is 120 Å². The van der Waals surface area contributed by atoms with Gasteiger partial charge in [-0.05, 0) is 6.92 Å². The van der Waals surface area contributed by atoms with Crippen LogP contribution >= 0.6 is 11.6 Å². The molecule has 0 aliphatic rings. The van der Waals surface area contributed by atoms with E-state index in [-0.39, 0.29) is 21.4 Å². The first-order valence-electron chi connectivity index (χ1n) is 5.49. The predicted molar refractivity (Wildman–Crippen MR) is 71.6 cm³/mol. The maximum absolute atomic E-state index is 12.2. The van der Waals surface area contributed by atoms with Crippen molar-refractivity contribution in [1.82, 2.24) is 9.78 Å². The normalized spacial score (nSPS) is 14.9. The molecular formula is C10H13ClF3N3O2S. The van der Waals surface area contributed by atoms with Gasteiger partial charge in [0.1, 0.15) is 11.6 Å². The first kappa shape index (κ1) is 17.0. The van der Waals surface area contributed by atoms with Gasteiger partial charge in [-0.15, -0.1) is 0 Å². The summed E-state index contributed by atoms with van der Waals surface area (Å²) in [7, 11) is -1.06. The number of halogens is 4. The molecule has 5 nitrogen and oxygen atoms in total. The maximum atomic E-state index is 12.2. The van der Waals surface area contributed by atoms with Crippen LogP contribution < -0.4 is 10.9 Å². The fraction of sp³-hybridized carbons (Fsp3) is 0.600. The molecule has 20 heavy (non-hydrogen) atoms. The van der Waals surface area contributed by atoms with E-state index >= 15 is 0 Å². The van der Waals surface area contributed by atoms with Gasteiger partial charge >= 0.3 is 6.18 Å². The molecule has 0 bridgehead atoms. The second kappa shape index (κ2) is 6.57. The zero-order valence-corrected chi connectivity index (χ0v) is 12.3. The number of hydrogen-bond donors (Lipinski definition) is 1. The van der Waals surface area contributed by atoms with Crippen LogP contribution in [0.25, 0.3) is 0 Å². The lowest BCUT2D eigenvalue weighted by Gasteiger charge is -2.15. The Balaban J connectivity index is 2.95. The third-order valence-electron chi connectivity index (χ3n) is 2.20. The minimum absolute atomic E-state index is 0.119. The van der Waals surface area contributed by atoms with Crippen molar-refractivity contribution in [3.05, 3.63) is 21.6 Å². The summed E-state index contributed by atoms with van der Waals surface area (Å²) in [6, 6.07) is -0.266. The van der Waals surface area contributed by atoms with Crippen LogP contribution in [0.4, 0.5) is 18.9 Å². The number of anilines is 1. The standard InChI is InChI=1S/C10H13ClF3N3O2S/c1-6(4-20(2)19)16-7-3-15-17(5-10(12,13)14)9(18)8(7)11/h3,6,16H,4-5H2,1-2H3. The van der Waals surface area contributed by atoms with Gasteiger partial charge in [0.2, 0.25) is 0 Å². The second-order valence-electron chi connectivity index (χ2n) is 4.24. The molecule has 0 radical (unpaired) electrons. The quantitative estimate of drug-likeness (QED) is 0.891. The lowest BCUT2D eigenvalue weighted by Crippen LogP contribution is -2.32. The Kier molecular flexibility index (Phi) is 5.58. The van der Waals surface area contributed by atoms with Crippen molar-refractivity contribution < 1.29 is 17.4 Å². The number of alkyl halides is 3. The molecule has 1 aromatic heterocycles. The lowest BCUT2D eigenvalue weighted by atomic mass is 10.3. The van der Waals surface area contributed by atoms with Gasteiger partial charge in [0.05, 0.1) is 11.9 Å². The fourth-order valence-electron chi connectivity index (χ4n) is 1.51. The zero-order chi connectivity index (χ0) is 15.5. The highest BCUT2D eigenvalue weighted by molar-refractivity contribution is 7.84. The number of rotatable bonds is 5. The molecule has 1 aromatic rings. The van der Waals surface area contributed by atoms with Crippen molar-refractivity contribution in [3.63, 3.8) is 0 Å². The highest BCUT2D eigenvalue weighted by atomic mass is 35.5. The smallest absolute Gasteiger partial charge is 0.379 e. The molecule has 0 amide bonds. The molecule has 0 spiro atoms. The molecular weight excluding hydrogens is 319 g/mol. The van der Waals surface area contributed by atoms with E-state index in [4.69, 9.17) is 11.6 Å². The summed E-state index contributed by atoms with van der Waals surface area (Å²) in [6.07, 6.45) is -1.99. The van der Waals surface area contributed by atoms with Crippen molar-refractivity contribution >= 4 is 28.1 Å². The molecule has 10 heteroatoms. The highest BCUT2D eigenvalue weighted by Crippen LogP contribution is 2.19. The average molecular weight is 332 g/mol. The molecule has 0 saturated heterocycles. The van der Waals surface area contributed by atoms with E-state index in [2.05, 4.69) is 10.4 Å². The van der Waals surface area contributed by atoms with Crippen molar-refractivity contribution in [2.75, 3.05) is 17.3 Å². The molecule has 0 fully saturated rings. The average Bonchev–Trinajstić information content (AvgIpc) is 2.26. The van der Waals surface area contributed by atoms with E-state index in [0.29, 0.717) is 5.75 Å². The summed E-state index contributed by atoms with van der Waals surface area (Å²) in [5, 5.41) is 5.83. The minimum Gasteiger partial charge on any atom is -0.379 e. The predicted octanol–water partition coefficient (Wildman–Crippen LogP) is 1.64. The van der Waals surface area contributed by atoms with Crippen LogP contribution in [0, 0.1) is 0 Å². The number of hydrogen-bond acceptors (Lipinski definition) is 4. The summed E-state index contributed by atoms with van der Waals surface area (Å²) in [5.41, 5.74) is -0.910. The van der Waals surface area contributed by atoms with Crippen LogP contribution in [0.1, 0.15) is 6.92 Å². The second-order valence-corrected chi connectivity index (χ2v) is 6.09. The van der Waals surface area contributed by atoms with Crippen molar-refractivity contribution in [2.45, 2.75) is 25.7 Å². The van der Waals surface area contributed by atoms with E-state index in [1.807, 2.05) is 0 Å². The molecule has 0 saturated carbocycles. The lowest BCUT2D eigenvalue weighted by molar-refractivity contribution is -0.143. The number of nitrogens with one attached hydrogen (secondary N) is 1. The molecule has 2 atom stereocenters. The monoisotopic (exact) mass is 331 g/mol. The summed E-state index contributed by atoms with van der Waals surface area (Å²) in [4.78, 5) is 11.6. The van der Waals surface area contributed by atoms with E-state index in [1.54, 1.807) is 6.92 Å². The summed E-state index contributed by atoms with van der Waals surface area (Å²) in [5.74, 6) is 0.308. The van der Waals surface area contributed by atoms with Crippen LogP contribution in [0.3, 0.4) is 0 Å². The van der Waals surface area contributed by atoms with E-state index < -0.39 is 29.1 Å². The van der Waals surface area contributed by atoms with Crippen LogP contribution in [-0.2, 0) is 17.3 Å². The molecule has 1 heterocycles. The van der Waals surface area contributed by atoms with Gasteiger partial charge in [-0.25, -0.2) is 4.68 Å². The third kappa shape index (κ3) is 5.12. The third-order valence-corrected chi connectivity index (χ3v) is 3.54. The molecule has 0 aliphatic heterocycles. The summed E-state index contributed by atoms with van der Waals surface area (Å²) >= 11 is 5.73. The molecule has 0 aliphatic carbocycles. The van der Waals surface area contributed by atoms with Gasteiger partial charge < -0.3 is 5.32 Å². The Morgan fingerprint density at radius 3 is 2.65 bits per heavy atom. The Morgan fingerprint density at radius 1 is 1.55 bits per heavy atom. The van der Waals surface area contributed by atoms with Crippen LogP contribution in [0.5, 0.6) is 0 Å². The molecule has 2 unspecified atom stereocenters. The molecule has 0 aromatic carbocycles. The number of aromatic nitrogens is 2. The van der Waals surface area contributed by atoms with Gasteiger partial charge in [-0.3, -0.25) is 9.00 Å². The zero-order valence-electron chi connectivity index (χ0n) is 10.7. The fourth-order valence-corrected chi connectivity index (χ4v) is 2.50. The van der Waals surface area contributed by atoms with Gasteiger partial charge in [-0.2, -0.15) is 18.3 Å². The largest absolute Gasteiger partial charge is 0.408 e. The Bertz CT molecular complexity index is 562. The van der Waals surface area contributed by atoms with Gasteiger partial charge in [0.25, 0.3) is 5.56 Å². The molecule has 1 rings (SSSR count). The summed E-state index contributed by atoms with van der Waals surface area (Å²) < 4.78 is 47.9. The van der Waals surface area contributed by atoms with Gasteiger partial charge in [0, 0.05) is 28.9 Å². The Hall–Kier alpha value is -1.09. The topological polar surface area (TPSA) is 64.0 Å².